The Bertz CT molecular complexity index is 387. The van der Waals surface area contributed by atoms with Crippen LogP contribution in [0.4, 0.5) is 0 Å². The fourth-order valence-electron chi connectivity index (χ4n) is 2.10. The lowest BCUT2D eigenvalue weighted by Gasteiger charge is -2.27. The van der Waals surface area contributed by atoms with E-state index in [9.17, 15) is 9.90 Å². The van der Waals surface area contributed by atoms with Crippen LogP contribution < -0.4 is 4.74 Å². The number of likely N-dealkylation sites (N-methyl/N-ethyl adjacent to an activating group) is 1. The van der Waals surface area contributed by atoms with Crippen LogP contribution >= 0.6 is 0 Å². The van der Waals surface area contributed by atoms with Crippen LogP contribution in [0.15, 0.2) is 24.3 Å². The largest absolute Gasteiger partial charge is 0.497 e. The van der Waals surface area contributed by atoms with Crippen molar-refractivity contribution in [1.29, 1.82) is 0 Å². The fraction of sp³-hybridized carbons (Fsp3) is 0.500. The molecule has 0 saturated heterocycles. The van der Waals surface area contributed by atoms with Gasteiger partial charge in [0.25, 0.3) is 0 Å². The Morgan fingerprint density at radius 1 is 1.33 bits per heavy atom. The van der Waals surface area contributed by atoms with Gasteiger partial charge in [-0.3, -0.25) is 9.69 Å². The highest BCUT2D eigenvalue weighted by atomic mass is 16.5. The first-order valence-corrected chi connectivity index (χ1v) is 6.01. The maximum Gasteiger partial charge on any atom is 0.321 e. The van der Waals surface area contributed by atoms with Crippen LogP contribution in [-0.4, -0.2) is 36.2 Å². The molecule has 1 unspecified atom stereocenters. The van der Waals surface area contributed by atoms with Gasteiger partial charge in [0.1, 0.15) is 11.8 Å². The average molecular weight is 251 g/mol. The second-order valence-corrected chi connectivity index (χ2v) is 4.79. The molecule has 0 aromatic heterocycles. The van der Waals surface area contributed by atoms with Crippen molar-refractivity contribution in [1.82, 2.24) is 4.90 Å². The third-order valence-electron chi connectivity index (χ3n) is 2.95. The van der Waals surface area contributed by atoms with Crippen LogP contribution in [0.5, 0.6) is 5.75 Å². The zero-order valence-electron chi connectivity index (χ0n) is 11.4. The van der Waals surface area contributed by atoms with E-state index >= 15 is 0 Å². The minimum absolute atomic E-state index is 0.0748. The van der Waals surface area contributed by atoms with E-state index in [1.165, 1.54) is 0 Å². The van der Waals surface area contributed by atoms with Gasteiger partial charge in [0.05, 0.1) is 7.11 Å². The number of hydrogen-bond acceptors (Lipinski definition) is 3. The highest BCUT2D eigenvalue weighted by molar-refractivity contribution is 5.73. The number of benzene rings is 1. The van der Waals surface area contributed by atoms with Crippen molar-refractivity contribution < 1.29 is 14.6 Å². The SMILES string of the molecule is COc1ccc(CN(C)C(C(=O)O)C(C)C)cc1. The molecule has 0 aliphatic rings. The number of carboxylic acid groups (broad SMARTS) is 1. The summed E-state index contributed by atoms with van der Waals surface area (Å²) >= 11 is 0. The summed E-state index contributed by atoms with van der Waals surface area (Å²) in [5.74, 6) is 0.104. The maximum absolute atomic E-state index is 11.2. The summed E-state index contributed by atoms with van der Waals surface area (Å²) in [6.45, 7) is 4.45. The molecule has 0 spiro atoms. The van der Waals surface area contributed by atoms with Crippen molar-refractivity contribution in [3.63, 3.8) is 0 Å². The third kappa shape index (κ3) is 3.74. The van der Waals surface area contributed by atoms with Crippen LogP contribution in [-0.2, 0) is 11.3 Å². The van der Waals surface area contributed by atoms with Gasteiger partial charge in [-0.1, -0.05) is 26.0 Å². The van der Waals surface area contributed by atoms with Crippen molar-refractivity contribution in [3.05, 3.63) is 29.8 Å². The molecule has 0 fully saturated rings. The summed E-state index contributed by atoms with van der Waals surface area (Å²) in [7, 11) is 3.46. The zero-order valence-corrected chi connectivity index (χ0v) is 11.4. The number of nitrogens with zero attached hydrogens (tertiary/aromatic N) is 1. The highest BCUT2D eigenvalue weighted by Crippen LogP contribution is 2.16. The highest BCUT2D eigenvalue weighted by Gasteiger charge is 2.25. The van der Waals surface area contributed by atoms with Crippen molar-refractivity contribution in [2.45, 2.75) is 26.4 Å². The lowest BCUT2D eigenvalue weighted by atomic mass is 10.0. The van der Waals surface area contributed by atoms with E-state index in [4.69, 9.17) is 4.74 Å². The van der Waals surface area contributed by atoms with Gasteiger partial charge in [0.15, 0.2) is 0 Å². The van der Waals surface area contributed by atoms with Gasteiger partial charge in [0, 0.05) is 6.54 Å². The molecule has 0 radical (unpaired) electrons. The minimum Gasteiger partial charge on any atom is -0.497 e. The maximum atomic E-state index is 11.2. The third-order valence-corrected chi connectivity index (χ3v) is 2.95. The molecule has 4 heteroatoms. The van der Waals surface area contributed by atoms with Crippen LogP contribution in [0.2, 0.25) is 0 Å². The first-order valence-electron chi connectivity index (χ1n) is 6.01. The number of hydrogen-bond donors (Lipinski definition) is 1. The minimum atomic E-state index is -0.777. The first kappa shape index (κ1) is 14.5. The number of carboxylic acids is 1. The molecule has 1 N–H and O–H groups in total. The van der Waals surface area contributed by atoms with Gasteiger partial charge in [0.2, 0.25) is 0 Å². The Hall–Kier alpha value is -1.55. The van der Waals surface area contributed by atoms with E-state index in [1.807, 2.05) is 50.1 Å². The summed E-state index contributed by atoms with van der Waals surface area (Å²) < 4.78 is 5.09. The molecule has 4 nitrogen and oxygen atoms in total. The topological polar surface area (TPSA) is 49.8 Å². The van der Waals surface area contributed by atoms with E-state index in [2.05, 4.69) is 0 Å². The second-order valence-electron chi connectivity index (χ2n) is 4.79. The van der Waals surface area contributed by atoms with Crippen molar-refractivity contribution in [3.8, 4) is 5.75 Å². The van der Waals surface area contributed by atoms with Crippen LogP contribution in [0.1, 0.15) is 19.4 Å². The van der Waals surface area contributed by atoms with E-state index in [0.29, 0.717) is 6.54 Å². The van der Waals surface area contributed by atoms with E-state index < -0.39 is 12.0 Å². The van der Waals surface area contributed by atoms with Gasteiger partial charge < -0.3 is 9.84 Å². The van der Waals surface area contributed by atoms with Crippen molar-refractivity contribution >= 4 is 5.97 Å². The summed E-state index contributed by atoms with van der Waals surface area (Å²) in [5.41, 5.74) is 1.07. The van der Waals surface area contributed by atoms with Gasteiger partial charge in [-0.2, -0.15) is 0 Å². The first-order chi connectivity index (χ1) is 8.45. The number of ether oxygens (including phenoxy) is 1. The molecule has 0 heterocycles. The van der Waals surface area contributed by atoms with E-state index in [1.54, 1.807) is 7.11 Å². The number of methoxy groups -OCH3 is 1. The predicted octanol–water partition coefficient (Wildman–Crippen LogP) is 2.24. The molecular formula is C14H21NO3. The molecule has 1 aromatic rings. The molecule has 1 rings (SSSR count). The van der Waals surface area contributed by atoms with Gasteiger partial charge in [-0.25, -0.2) is 0 Å². The average Bonchev–Trinajstić information content (AvgIpc) is 2.28. The van der Waals surface area contributed by atoms with Gasteiger partial charge in [-0.05, 0) is 30.7 Å². The molecule has 1 aromatic carbocycles. The Kier molecular flexibility index (Phi) is 5.16. The number of carbonyl (C=O) groups is 1. The molecule has 100 valence electrons. The standard InChI is InChI=1S/C14H21NO3/c1-10(2)13(14(16)17)15(3)9-11-5-7-12(18-4)8-6-11/h5-8,10,13H,9H2,1-4H3,(H,16,17). The Morgan fingerprint density at radius 2 is 1.89 bits per heavy atom. The smallest absolute Gasteiger partial charge is 0.321 e. The molecule has 0 amide bonds. The number of aliphatic carboxylic acids is 1. The Morgan fingerprint density at radius 3 is 2.28 bits per heavy atom. The summed E-state index contributed by atoms with van der Waals surface area (Å²) in [4.78, 5) is 13.1. The fourth-order valence-corrected chi connectivity index (χ4v) is 2.10. The van der Waals surface area contributed by atoms with E-state index in [-0.39, 0.29) is 5.92 Å². The predicted molar refractivity (Wildman–Crippen MR) is 70.7 cm³/mol. The monoisotopic (exact) mass is 251 g/mol. The lowest BCUT2D eigenvalue weighted by Crippen LogP contribution is -2.41. The van der Waals surface area contributed by atoms with Crippen molar-refractivity contribution in [2.75, 3.05) is 14.2 Å². The second kappa shape index (κ2) is 6.40. The van der Waals surface area contributed by atoms with Gasteiger partial charge >= 0.3 is 5.97 Å². The normalized spacial score (nSPS) is 12.8. The molecule has 0 saturated carbocycles. The molecule has 1 atom stereocenters. The summed E-state index contributed by atoms with van der Waals surface area (Å²) in [6, 6.07) is 7.21. The Labute approximate surface area is 108 Å². The lowest BCUT2D eigenvalue weighted by molar-refractivity contribution is -0.144. The van der Waals surface area contributed by atoms with Crippen LogP contribution in [0, 0.1) is 5.92 Å². The number of rotatable bonds is 6. The Balaban J connectivity index is 2.72. The van der Waals surface area contributed by atoms with Crippen molar-refractivity contribution in [2.24, 2.45) is 5.92 Å². The molecule has 0 aliphatic carbocycles. The molecule has 0 bridgehead atoms. The summed E-state index contributed by atoms with van der Waals surface area (Å²) in [5, 5.41) is 9.21. The quantitative estimate of drug-likeness (QED) is 0.842. The van der Waals surface area contributed by atoms with E-state index in [0.717, 1.165) is 11.3 Å². The molecule has 0 aliphatic heterocycles. The van der Waals surface area contributed by atoms with Crippen LogP contribution in [0.3, 0.4) is 0 Å². The molecular weight excluding hydrogens is 230 g/mol. The van der Waals surface area contributed by atoms with Crippen LogP contribution in [0.25, 0.3) is 0 Å². The zero-order chi connectivity index (χ0) is 13.7. The van der Waals surface area contributed by atoms with Gasteiger partial charge in [-0.15, -0.1) is 0 Å². The summed E-state index contributed by atoms with van der Waals surface area (Å²) in [6.07, 6.45) is 0. The molecule has 18 heavy (non-hydrogen) atoms.